The highest BCUT2D eigenvalue weighted by Crippen LogP contribution is 2.31. The van der Waals surface area contributed by atoms with Gasteiger partial charge in [-0.15, -0.1) is 0 Å². The van der Waals surface area contributed by atoms with Gasteiger partial charge in [-0.05, 0) is 24.3 Å². The maximum absolute atomic E-state index is 12.7. The number of para-hydroxylation sites is 2. The highest BCUT2D eigenvalue weighted by atomic mass is 19.4. The molecule has 1 fully saturated rings. The maximum Gasteiger partial charge on any atom is 0.417 e. The third-order valence-electron chi connectivity index (χ3n) is 5.23. The molecule has 0 radical (unpaired) electrons. The summed E-state index contributed by atoms with van der Waals surface area (Å²) < 4.78 is 49.5. The van der Waals surface area contributed by atoms with Crippen molar-refractivity contribution < 1.29 is 27.4 Å². The van der Waals surface area contributed by atoms with E-state index in [0.717, 1.165) is 12.3 Å². The van der Waals surface area contributed by atoms with E-state index in [2.05, 4.69) is 10.3 Å². The molecule has 3 heterocycles. The molecule has 1 aromatic carbocycles. The Balaban J connectivity index is 1.19. The molecule has 1 atom stereocenters. The monoisotopic (exact) mass is 436 g/mol. The zero-order chi connectivity index (χ0) is 21.8. The first-order valence-electron chi connectivity index (χ1n) is 10.0. The number of aromatic nitrogens is 1. The van der Waals surface area contributed by atoms with Gasteiger partial charge in [-0.3, -0.25) is 9.69 Å². The Morgan fingerprint density at radius 2 is 1.84 bits per heavy atom. The Hall–Kier alpha value is -3.01. The minimum absolute atomic E-state index is 0.108. The summed E-state index contributed by atoms with van der Waals surface area (Å²) in [7, 11) is 0. The number of rotatable bonds is 5. The molecule has 2 aromatic rings. The number of halogens is 3. The fraction of sp³-hybridized carbons (Fsp3) is 0.429. The molecule has 31 heavy (non-hydrogen) atoms. The van der Waals surface area contributed by atoms with Crippen molar-refractivity contribution in [3.8, 4) is 11.5 Å². The molecular formula is C21H23F3N4O3. The van der Waals surface area contributed by atoms with Crippen LogP contribution in [0, 0.1) is 0 Å². The van der Waals surface area contributed by atoms with Gasteiger partial charge in [0.15, 0.2) is 11.5 Å². The summed E-state index contributed by atoms with van der Waals surface area (Å²) in [4.78, 5) is 20.2. The number of fused-ring (bicyclic) bond motifs is 1. The number of nitrogens with one attached hydrogen (secondary N) is 1. The second kappa shape index (κ2) is 9.01. The number of benzene rings is 1. The number of pyridine rings is 1. The van der Waals surface area contributed by atoms with Crippen LogP contribution in [0.5, 0.6) is 11.5 Å². The Morgan fingerprint density at radius 1 is 1.10 bits per heavy atom. The molecule has 0 saturated carbocycles. The van der Waals surface area contributed by atoms with Gasteiger partial charge in [0.1, 0.15) is 18.5 Å². The van der Waals surface area contributed by atoms with Crippen molar-refractivity contribution in [2.24, 2.45) is 0 Å². The quantitative estimate of drug-likeness (QED) is 0.775. The number of anilines is 1. The fourth-order valence-corrected chi connectivity index (χ4v) is 3.53. The number of alkyl halides is 3. The SMILES string of the molecule is O=C(CN1CCN(c2ccc(C(F)(F)F)cn2)CC1)NC[C@H]1COc2ccccc2O1. The van der Waals surface area contributed by atoms with Crippen LogP contribution in [-0.4, -0.2) is 67.8 Å². The molecule has 0 aliphatic carbocycles. The minimum atomic E-state index is -4.39. The largest absolute Gasteiger partial charge is 0.486 e. The number of amides is 1. The summed E-state index contributed by atoms with van der Waals surface area (Å²) in [5.41, 5.74) is -0.762. The van der Waals surface area contributed by atoms with Gasteiger partial charge < -0.3 is 19.7 Å². The molecule has 4 rings (SSSR count). The molecule has 0 spiro atoms. The first-order valence-corrected chi connectivity index (χ1v) is 10.0. The van der Waals surface area contributed by atoms with E-state index in [4.69, 9.17) is 9.47 Å². The average molecular weight is 436 g/mol. The third kappa shape index (κ3) is 5.38. The zero-order valence-corrected chi connectivity index (χ0v) is 16.8. The van der Waals surface area contributed by atoms with E-state index in [-0.39, 0.29) is 18.6 Å². The van der Waals surface area contributed by atoms with Gasteiger partial charge in [0.25, 0.3) is 0 Å². The lowest BCUT2D eigenvalue weighted by molar-refractivity contribution is -0.137. The number of piperazine rings is 1. The van der Waals surface area contributed by atoms with Gasteiger partial charge in [-0.2, -0.15) is 13.2 Å². The zero-order valence-electron chi connectivity index (χ0n) is 16.8. The summed E-state index contributed by atoms with van der Waals surface area (Å²) in [6.45, 7) is 3.38. The van der Waals surface area contributed by atoms with Crippen LogP contribution < -0.4 is 19.7 Å². The van der Waals surface area contributed by atoms with E-state index in [1.54, 1.807) is 0 Å². The topological polar surface area (TPSA) is 66.9 Å². The summed E-state index contributed by atoms with van der Waals surface area (Å²) >= 11 is 0. The first kappa shape index (κ1) is 21.2. The second-order valence-electron chi connectivity index (χ2n) is 7.47. The Labute approximate surface area is 177 Å². The van der Waals surface area contributed by atoms with Crippen LogP contribution in [0.1, 0.15) is 5.56 Å². The van der Waals surface area contributed by atoms with E-state index < -0.39 is 11.7 Å². The van der Waals surface area contributed by atoms with Gasteiger partial charge in [-0.1, -0.05) is 12.1 Å². The van der Waals surface area contributed by atoms with Crippen molar-refractivity contribution >= 4 is 11.7 Å². The van der Waals surface area contributed by atoms with Gasteiger partial charge >= 0.3 is 6.18 Å². The lowest BCUT2D eigenvalue weighted by Crippen LogP contribution is -2.50. The lowest BCUT2D eigenvalue weighted by atomic mass is 10.2. The Morgan fingerprint density at radius 3 is 2.52 bits per heavy atom. The van der Waals surface area contributed by atoms with Crippen LogP contribution in [0.2, 0.25) is 0 Å². The third-order valence-corrected chi connectivity index (χ3v) is 5.23. The molecule has 2 aliphatic heterocycles. The minimum Gasteiger partial charge on any atom is -0.486 e. The molecule has 0 unspecified atom stereocenters. The van der Waals surface area contributed by atoms with Crippen LogP contribution in [0.3, 0.4) is 0 Å². The normalized spacial score (nSPS) is 19.2. The van der Waals surface area contributed by atoms with Gasteiger partial charge in [0.05, 0.1) is 18.7 Å². The number of carbonyl (C=O) groups is 1. The number of hydrogen-bond acceptors (Lipinski definition) is 6. The predicted molar refractivity (Wildman–Crippen MR) is 107 cm³/mol. The first-order chi connectivity index (χ1) is 14.9. The van der Waals surface area contributed by atoms with Crippen molar-refractivity contribution in [1.82, 2.24) is 15.2 Å². The molecule has 2 aliphatic rings. The van der Waals surface area contributed by atoms with Crippen LogP contribution in [0.15, 0.2) is 42.6 Å². The van der Waals surface area contributed by atoms with Crippen molar-refractivity contribution in [3.63, 3.8) is 0 Å². The number of nitrogens with zero attached hydrogens (tertiary/aromatic N) is 3. The fourth-order valence-electron chi connectivity index (χ4n) is 3.53. The van der Waals surface area contributed by atoms with Gasteiger partial charge in [-0.25, -0.2) is 4.98 Å². The van der Waals surface area contributed by atoms with E-state index in [0.29, 0.717) is 56.6 Å². The molecule has 1 saturated heterocycles. The number of carbonyl (C=O) groups excluding carboxylic acids is 1. The summed E-state index contributed by atoms with van der Waals surface area (Å²) in [5.74, 6) is 1.77. The van der Waals surface area contributed by atoms with Crippen molar-refractivity contribution in [2.75, 3.05) is 50.8 Å². The van der Waals surface area contributed by atoms with Crippen molar-refractivity contribution in [1.29, 1.82) is 0 Å². The Bertz CT molecular complexity index is 899. The highest BCUT2D eigenvalue weighted by molar-refractivity contribution is 5.78. The smallest absolute Gasteiger partial charge is 0.417 e. The van der Waals surface area contributed by atoms with Crippen LogP contribution in [0.25, 0.3) is 0 Å². The van der Waals surface area contributed by atoms with Crippen LogP contribution in [0.4, 0.5) is 19.0 Å². The van der Waals surface area contributed by atoms with Gasteiger partial charge in [0.2, 0.25) is 5.91 Å². The van der Waals surface area contributed by atoms with Crippen LogP contribution in [-0.2, 0) is 11.0 Å². The molecular weight excluding hydrogens is 413 g/mol. The molecule has 0 bridgehead atoms. The number of ether oxygens (including phenoxy) is 2. The summed E-state index contributed by atoms with van der Waals surface area (Å²) in [5, 5.41) is 2.88. The maximum atomic E-state index is 12.7. The summed E-state index contributed by atoms with van der Waals surface area (Å²) in [6, 6.07) is 9.83. The molecule has 166 valence electrons. The predicted octanol–water partition coefficient (Wildman–Crippen LogP) is 2.18. The highest BCUT2D eigenvalue weighted by Gasteiger charge is 2.31. The summed E-state index contributed by atoms with van der Waals surface area (Å²) in [6.07, 6.45) is -3.79. The van der Waals surface area contributed by atoms with Crippen molar-refractivity contribution in [2.45, 2.75) is 12.3 Å². The Kier molecular flexibility index (Phi) is 6.17. The molecule has 10 heteroatoms. The molecule has 1 amide bonds. The lowest BCUT2D eigenvalue weighted by Gasteiger charge is -2.35. The van der Waals surface area contributed by atoms with Crippen LogP contribution >= 0.6 is 0 Å². The molecule has 1 aromatic heterocycles. The van der Waals surface area contributed by atoms with Gasteiger partial charge in [0, 0.05) is 32.4 Å². The van der Waals surface area contributed by atoms with E-state index in [1.807, 2.05) is 34.1 Å². The number of hydrogen-bond donors (Lipinski definition) is 1. The molecule has 1 N–H and O–H groups in total. The molecule has 7 nitrogen and oxygen atoms in total. The van der Waals surface area contributed by atoms with E-state index in [1.165, 1.54) is 6.07 Å². The van der Waals surface area contributed by atoms with Crippen molar-refractivity contribution in [3.05, 3.63) is 48.2 Å². The standard InChI is InChI=1S/C21H23F3N4O3/c22-21(23,24)15-5-6-19(25-11-15)28-9-7-27(8-10-28)13-20(29)26-12-16-14-30-17-3-1-2-4-18(17)31-16/h1-6,11,16H,7-10,12-14H2,(H,26,29)/t16-/m0/s1. The van der Waals surface area contributed by atoms with E-state index in [9.17, 15) is 18.0 Å². The average Bonchev–Trinajstić information content (AvgIpc) is 2.77. The van der Waals surface area contributed by atoms with E-state index >= 15 is 0 Å². The second-order valence-corrected chi connectivity index (χ2v) is 7.47.